The molecule has 0 unspecified atom stereocenters. The maximum absolute atomic E-state index is 10.4. The number of benzene rings is 1. The van der Waals surface area contributed by atoms with Gasteiger partial charge in [0.1, 0.15) is 0 Å². The normalized spacial score (nSPS) is 10.9. The molecule has 0 aliphatic heterocycles. The number of thiazole rings is 1. The molecule has 2 aromatic rings. The molecule has 0 atom stereocenters. The van der Waals surface area contributed by atoms with E-state index in [0.29, 0.717) is 5.75 Å². The zero-order valence-electron chi connectivity index (χ0n) is 9.69. The van der Waals surface area contributed by atoms with Crippen molar-refractivity contribution in [1.29, 1.82) is 0 Å². The SMILES string of the molecule is Cc1cc(C)c2sc(SCCC(=O)O)nc2c1. The molecule has 2 rings (SSSR count). The Hall–Kier alpha value is -1.07. The number of thioether (sulfide) groups is 1. The van der Waals surface area contributed by atoms with Crippen molar-refractivity contribution in [2.45, 2.75) is 24.6 Å². The molecule has 5 heteroatoms. The van der Waals surface area contributed by atoms with Crippen LogP contribution < -0.4 is 0 Å². The predicted octanol–water partition coefficient (Wildman–Crippen LogP) is 3.48. The van der Waals surface area contributed by atoms with Gasteiger partial charge in [-0.25, -0.2) is 4.98 Å². The number of aliphatic carboxylic acids is 1. The van der Waals surface area contributed by atoms with Gasteiger partial charge in [0.15, 0.2) is 4.34 Å². The molecule has 1 N–H and O–H groups in total. The Balaban J connectivity index is 2.20. The number of carboxylic acids is 1. The molecular formula is C12H13NO2S2. The molecule has 3 nitrogen and oxygen atoms in total. The first-order chi connectivity index (χ1) is 8.06. The van der Waals surface area contributed by atoms with Crippen LogP contribution in [0.4, 0.5) is 0 Å². The Morgan fingerprint density at radius 1 is 1.47 bits per heavy atom. The van der Waals surface area contributed by atoms with Gasteiger partial charge in [0, 0.05) is 5.75 Å². The van der Waals surface area contributed by atoms with Crippen LogP contribution in [0.2, 0.25) is 0 Å². The summed E-state index contributed by atoms with van der Waals surface area (Å²) >= 11 is 3.16. The molecule has 0 saturated carbocycles. The van der Waals surface area contributed by atoms with Crippen molar-refractivity contribution in [3.05, 3.63) is 23.3 Å². The number of nitrogens with zero attached hydrogens (tertiary/aromatic N) is 1. The average molecular weight is 267 g/mol. The number of aromatic nitrogens is 1. The molecule has 0 fully saturated rings. The van der Waals surface area contributed by atoms with Crippen LogP contribution in [0.3, 0.4) is 0 Å². The lowest BCUT2D eigenvalue weighted by Gasteiger charge is -1.95. The highest BCUT2D eigenvalue weighted by atomic mass is 32.2. The van der Waals surface area contributed by atoms with Crippen LogP contribution in [-0.2, 0) is 4.79 Å². The lowest BCUT2D eigenvalue weighted by atomic mass is 10.1. The molecule has 0 aliphatic carbocycles. The van der Waals surface area contributed by atoms with Gasteiger partial charge in [-0.2, -0.15) is 0 Å². The van der Waals surface area contributed by atoms with Crippen molar-refractivity contribution in [2.24, 2.45) is 0 Å². The number of hydrogen-bond donors (Lipinski definition) is 1. The van der Waals surface area contributed by atoms with Crippen LogP contribution in [-0.4, -0.2) is 21.8 Å². The second-order valence-electron chi connectivity index (χ2n) is 3.90. The van der Waals surface area contributed by atoms with Gasteiger partial charge in [-0.15, -0.1) is 11.3 Å². The Morgan fingerprint density at radius 2 is 2.24 bits per heavy atom. The lowest BCUT2D eigenvalue weighted by molar-refractivity contribution is -0.136. The summed E-state index contributed by atoms with van der Waals surface area (Å²) in [6.07, 6.45) is 0.179. The molecule has 90 valence electrons. The van der Waals surface area contributed by atoms with Crippen molar-refractivity contribution in [3.63, 3.8) is 0 Å². The molecule has 0 radical (unpaired) electrons. The number of carboxylic acid groups (broad SMARTS) is 1. The van der Waals surface area contributed by atoms with Gasteiger partial charge >= 0.3 is 5.97 Å². The summed E-state index contributed by atoms with van der Waals surface area (Å²) in [4.78, 5) is 14.9. The number of carbonyl (C=O) groups is 1. The van der Waals surface area contributed by atoms with E-state index in [2.05, 4.69) is 31.0 Å². The van der Waals surface area contributed by atoms with Crippen LogP contribution in [0.25, 0.3) is 10.2 Å². The van der Waals surface area contributed by atoms with E-state index >= 15 is 0 Å². The summed E-state index contributed by atoms with van der Waals surface area (Å²) in [5, 5.41) is 8.58. The highest BCUT2D eigenvalue weighted by Crippen LogP contribution is 2.32. The van der Waals surface area contributed by atoms with E-state index < -0.39 is 5.97 Å². The first kappa shape index (κ1) is 12.4. The third-order valence-electron chi connectivity index (χ3n) is 2.34. The molecule has 0 spiro atoms. The third kappa shape index (κ3) is 2.98. The number of hydrogen-bond acceptors (Lipinski definition) is 4. The maximum Gasteiger partial charge on any atom is 0.304 e. The monoisotopic (exact) mass is 267 g/mol. The zero-order valence-corrected chi connectivity index (χ0v) is 11.3. The van der Waals surface area contributed by atoms with Gasteiger partial charge in [-0.1, -0.05) is 17.8 Å². The lowest BCUT2D eigenvalue weighted by Crippen LogP contribution is -1.95. The molecule has 1 heterocycles. The van der Waals surface area contributed by atoms with Crippen LogP contribution in [0.5, 0.6) is 0 Å². The highest BCUT2D eigenvalue weighted by Gasteiger charge is 2.08. The summed E-state index contributed by atoms with van der Waals surface area (Å²) < 4.78 is 2.16. The van der Waals surface area contributed by atoms with Crippen molar-refractivity contribution < 1.29 is 9.90 Å². The second kappa shape index (κ2) is 5.06. The number of rotatable bonds is 4. The van der Waals surface area contributed by atoms with E-state index in [0.717, 1.165) is 9.86 Å². The van der Waals surface area contributed by atoms with Gasteiger partial charge in [0.05, 0.1) is 16.6 Å². The third-order valence-corrected chi connectivity index (χ3v) is 4.69. The number of fused-ring (bicyclic) bond motifs is 1. The van der Waals surface area contributed by atoms with Crippen molar-refractivity contribution >= 4 is 39.3 Å². The van der Waals surface area contributed by atoms with Gasteiger partial charge in [0.2, 0.25) is 0 Å². The Morgan fingerprint density at radius 3 is 2.94 bits per heavy atom. The first-order valence-corrected chi connectivity index (χ1v) is 7.09. The molecule has 0 saturated heterocycles. The quantitative estimate of drug-likeness (QED) is 0.862. The Kier molecular flexibility index (Phi) is 3.69. The largest absolute Gasteiger partial charge is 0.481 e. The molecule has 0 bridgehead atoms. The predicted molar refractivity (Wildman–Crippen MR) is 72.1 cm³/mol. The Bertz CT molecular complexity index is 563. The average Bonchev–Trinajstić information content (AvgIpc) is 2.60. The Labute approximate surface area is 108 Å². The van der Waals surface area contributed by atoms with Crippen LogP contribution in [0.1, 0.15) is 17.5 Å². The molecule has 17 heavy (non-hydrogen) atoms. The van der Waals surface area contributed by atoms with Crippen LogP contribution in [0.15, 0.2) is 16.5 Å². The summed E-state index contributed by atoms with van der Waals surface area (Å²) in [6.45, 7) is 4.14. The van der Waals surface area contributed by atoms with E-state index in [1.807, 2.05) is 0 Å². The van der Waals surface area contributed by atoms with Gasteiger partial charge in [-0.05, 0) is 31.0 Å². The minimum Gasteiger partial charge on any atom is -0.481 e. The van der Waals surface area contributed by atoms with Crippen molar-refractivity contribution in [1.82, 2.24) is 4.98 Å². The maximum atomic E-state index is 10.4. The highest BCUT2D eigenvalue weighted by molar-refractivity contribution is 8.01. The van der Waals surface area contributed by atoms with E-state index in [1.165, 1.54) is 27.6 Å². The molecule has 0 amide bonds. The van der Waals surface area contributed by atoms with Crippen LogP contribution >= 0.6 is 23.1 Å². The molecule has 0 aliphatic rings. The van der Waals surface area contributed by atoms with Crippen LogP contribution in [0, 0.1) is 13.8 Å². The topological polar surface area (TPSA) is 50.2 Å². The molecular weight excluding hydrogens is 254 g/mol. The summed E-state index contributed by atoms with van der Waals surface area (Å²) in [7, 11) is 0. The van der Waals surface area contributed by atoms with E-state index in [9.17, 15) is 4.79 Å². The van der Waals surface area contributed by atoms with E-state index in [4.69, 9.17) is 5.11 Å². The summed E-state index contributed by atoms with van der Waals surface area (Å²) in [6, 6.07) is 4.21. The molecule has 1 aromatic carbocycles. The fraction of sp³-hybridized carbons (Fsp3) is 0.333. The van der Waals surface area contributed by atoms with E-state index in [1.54, 1.807) is 11.3 Å². The minimum atomic E-state index is -0.759. The van der Waals surface area contributed by atoms with Gasteiger partial charge < -0.3 is 5.11 Å². The fourth-order valence-electron chi connectivity index (χ4n) is 1.64. The summed E-state index contributed by atoms with van der Waals surface area (Å²) in [5.74, 6) is -0.182. The molecule has 1 aromatic heterocycles. The summed E-state index contributed by atoms with van der Waals surface area (Å²) in [5.41, 5.74) is 3.47. The van der Waals surface area contributed by atoms with Crippen molar-refractivity contribution in [3.8, 4) is 0 Å². The van der Waals surface area contributed by atoms with Crippen molar-refractivity contribution in [2.75, 3.05) is 5.75 Å². The van der Waals surface area contributed by atoms with Gasteiger partial charge in [0.25, 0.3) is 0 Å². The second-order valence-corrected chi connectivity index (χ2v) is 6.24. The van der Waals surface area contributed by atoms with Gasteiger partial charge in [-0.3, -0.25) is 4.79 Å². The fourth-order valence-corrected chi connectivity index (χ4v) is 3.74. The minimum absolute atomic E-state index is 0.179. The standard InChI is InChI=1S/C12H13NO2S2/c1-7-5-8(2)11-9(6-7)13-12(17-11)16-4-3-10(14)15/h5-6H,3-4H2,1-2H3,(H,14,15). The zero-order chi connectivity index (χ0) is 12.4. The first-order valence-electron chi connectivity index (χ1n) is 5.28. The van der Waals surface area contributed by atoms with E-state index in [-0.39, 0.29) is 6.42 Å². The number of aryl methyl sites for hydroxylation is 2. The smallest absolute Gasteiger partial charge is 0.304 e.